The minimum absolute atomic E-state index is 0.169. The summed E-state index contributed by atoms with van der Waals surface area (Å²) in [5.74, 6) is 0.757. The Morgan fingerprint density at radius 1 is 1.12 bits per heavy atom. The van der Waals surface area contributed by atoms with E-state index in [1.54, 1.807) is 26.0 Å². The second-order valence-corrected chi connectivity index (χ2v) is 7.73. The van der Waals surface area contributed by atoms with Crippen molar-refractivity contribution in [3.8, 4) is 0 Å². The first-order valence-electron chi connectivity index (χ1n) is 8.12. The van der Waals surface area contributed by atoms with Crippen LogP contribution >= 0.6 is 0 Å². The molecule has 2 heterocycles. The fourth-order valence-electron chi connectivity index (χ4n) is 2.75. The molecular weight excluding hydrogens is 350 g/mol. The van der Waals surface area contributed by atoms with Gasteiger partial charge in [0, 0.05) is 13.6 Å². The first kappa shape index (κ1) is 17.9. The third-order valence-corrected chi connectivity index (χ3v) is 5.63. The molecule has 0 aliphatic heterocycles. The van der Waals surface area contributed by atoms with E-state index in [1.807, 2.05) is 30.1 Å². The van der Waals surface area contributed by atoms with Crippen molar-refractivity contribution in [2.75, 3.05) is 16.7 Å². The van der Waals surface area contributed by atoms with Crippen molar-refractivity contribution in [3.05, 3.63) is 65.6 Å². The summed E-state index contributed by atoms with van der Waals surface area (Å²) < 4.78 is 27.7. The Morgan fingerprint density at radius 2 is 1.85 bits per heavy atom. The molecule has 1 aromatic carbocycles. The van der Waals surface area contributed by atoms with Crippen LogP contribution in [-0.4, -0.2) is 30.6 Å². The maximum Gasteiger partial charge on any atom is 0.265 e. The van der Waals surface area contributed by atoms with Crippen LogP contribution in [-0.2, 0) is 16.6 Å². The van der Waals surface area contributed by atoms with Gasteiger partial charge in [-0.15, -0.1) is 0 Å². The number of hydrogen-bond acceptors (Lipinski definition) is 5. The molecule has 0 saturated carbocycles. The van der Waals surface area contributed by atoms with E-state index in [-0.39, 0.29) is 4.90 Å². The summed E-state index contributed by atoms with van der Waals surface area (Å²) in [4.78, 5) is 6.53. The van der Waals surface area contributed by atoms with Crippen LogP contribution in [0.5, 0.6) is 0 Å². The topological polar surface area (TPSA) is 91.0 Å². The van der Waals surface area contributed by atoms with Crippen LogP contribution in [0.2, 0.25) is 0 Å². The monoisotopic (exact) mass is 371 g/mol. The number of benzene rings is 1. The molecule has 3 aromatic rings. The average Bonchev–Trinajstić information content (AvgIpc) is 2.95. The zero-order chi connectivity index (χ0) is 18.7. The molecule has 136 valence electrons. The highest BCUT2D eigenvalue weighted by atomic mass is 32.2. The average molecular weight is 371 g/mol. The minimum atomic E-state index is -3.71. The van der Waals surface area contributed by atoms with Crippen molar-refractivity contribution in [1.82, 2.24) is 15.2 Å². The van der Waals surface area contributed by atoms with Gasteiger partial charge in [-0.1, -0.05) is 30.3 Å². The molecule has 0 radical (unpaired) electrons. The van der Waals surface area contributed by atoms with E-state index in [2.05, 4.69) is 32.0 Å². The fourth-order valence-corrected chi connectivity index (χ4v) is 4.17. The van der Waals surface area contributed by atoms with Crippen molar-refractivity contribution in [2.45, 2.75) is 25.3 Å². The number of nitrogens with one attached hydrogen (secondary N) is 2. The van der Waals surface area contributed by atoms with E-state index >= 15 is 0 Å². The summed E-state index contributed by atoms with van der Waals surface area (Å²) >= 11 is 0. The number of aromatic nitrogens is 3. The van der Waals surface area contributed by atoms with Gasteiger partial charge in [0.25, 0.3) is 10.0 Å². The third-order valence-electron chi connectivity index (χ3n) is 3.98. The number of sulfonamides is 1. The molecule has 0 bridgehead atoms. The number of H-pyrrole nitrogens is 1. The number of hydrogen-bond donors (Lipinski definition) is 2. The molecule has 2 N–H and O–H groups in total. The number of aromatic amines is 1. The normalized spacial score (nSPS) is 11.3. The largest absolute Gasteiger partial charge is 0.355 e. The molecule has 7 nitrogen and oxygen atoms in total. The highest BCUT2D eigenvalue weighted by Crippen LogP contribution is 2.22. The first-order chi connectivity index (χ1) is 12.4. The van der Waals surface area contributed by atoms with E-state index in [9.17, 15) is 8.42 Å². The summed E-state index contributed by atoms with van der Waals surface area (Å²) in [6, 6.07) is 13.6. The molecule has 0 aliphatic carbocycles. The first-order valence-corrected chi connectivity index (χ1v) is 9.60. The van der Waals surface area contributed by atoms with Gasteiger partial charge >= 0.3 is 0 Å². The Balaban J connectivity index is 1.73. The molecule has 0 spiro atoms. The predicted molar refractivity (Wildman–Crippen MR) is 102 cm³/mol. The summed E-state index contributed by atoms with van der Waals surface area (Å²) in [7, 11) is -1.77. The van der Waals surface area contributed by atoms with Crippen molar-refractivity contribution in [3.63, 3.8) is 0 Å². The van der Waals surface area contributed by atoms with Crippen LogP contribution in [0, 0.1) is 13.8 Å². The Kier molecular flexibility index (Phi) is 4.94. The second kappa shape index (κ2) is 7.17. The maximum absolute atomic E-state index is 12.6. The molecule has 0 saturated heterocycles. The second-order valence-electron chi connectivity index (χ2n) is 6.12. The van der Waals surface area contributed by atoms with E-state index in [1.165, 1.54) is 11.8 Å². The van der Waals surface area contributed by atoms with E-state index < -0.39 is 10.0 Å². The van der Waals surface area contributed by atoms with Gasteiger partial charge in [-0.25, -0.2) is 13.4 Å². The van der Waals surface area contributed by atoms with Crippen molar-refractivity contribution in [1.29, 1.82) is 0 Å². The number of nitrogens with zero attached hydrogens (tertiary/aromatic N) is 3. The summed E-state index contributed by atoms with van der Waals surface area (Å²) in [5.41, 5.74) is 2.51. The summed E-state index contributed by atoms with van der Waals surface area (Å²) in [5, 5.41) is 6.62. The van der Waals surface area contributed by atoms with Crippen LogP contribution in [0.1, 0.15) is 17.0 Å². The van der Waals surface area contributed by atoms with Crippen molar-refractivity contribution in [2.24, 2.45) is 0 Å². The number of aryl methyl sites for hydroxylation is 2. The van der Waals surface area contributed by atoms with Gasteiger partial charge in [0.1, 0.15) is 10.7 Å². The molecule has 26 heavy (non-hydrogen) atoms. The zero-order valence-electron chi connectivity index (χ0n) is 14.9. The van der Waals surface area contributed by atoms with Gasteiger partial charge in [-0.2, -0.15) is 5.10 Å². The van der Waals surface area contributed by atoms with Crippen molar-refractivity contribution >= 4 is 21.5 Å². The highest BCUT2D eigenvalue weighted by Gasteiger charge is 2.22. The zero-order valence-corrected chi connectivity index (χ0v) is 15.7. The highest BCUT2D eigenvalue weighted by molar-refractivity contribution is 7.92. The lowest BCUT2D eigenvalue weighted by Crippen LogP contribution is -2.18. The lowest BCUT2D eigenvalue weighted by Gasteiger charge is -2.18. The lowest BCUT2D eigenvalue weighted by molar-refractivity contribution is 0.600. The molecule has 2 aromatic heterocycles. The van der Waals surface area contributed by atoms with Crippen LogP contribution in [0.25, 0.3) is 0 Å². The predicted octanol–water partition coefficient (Wildman–Crippen LogP) is 2.86. The molecule has 3 rings (SSSR count). The number of anilines is 2. The molecule has 0 aliphatic rings. The van der Waals surface area contributed by atoms with Gasteiger partial charge in [-0.3, -0.25) is 9.82 Å². The Morgan fingerprint density at radius 3 is 2.42 bits per heavy atom. The maximum atomic E-state index is 12.6. The standard InChI is InChI=1S/C18H21N5O2S/c1-13-18(14(2)21-20-13)26(24,25)22-16-9-10-17(19-11-16)23(3)12-15-7-5-4-6-8-15/h4-11,22H,12H2,1-3H3,(H,20,21). The molecule has 0 unspecified atom stereocenters. The molecule has 0 atom stereocenters. The van der Waals surface area contributed by atoms with Crippen LogP contribution in [0.15, 0.2) is 53.6 Å². The summed E-state index contributed by atoms with van der Waals surface area (Å²) in [6.45, 7) is 4.04. The van der Waals surface area contributed by atoms with Gasteiger partial charge in [-0.05, 0) is 31.5 Å². The Bertz CT molecular complexity index is 963. The summed E-state index contributed by atoms with van der Waals surface area (Å²) in [6.07, 6.45) is 1.51. The quantitative estimate of drug-likeness (QED) is 0.695. The molecule has 0 amide bonds. The van der Waals surface area contributed by atoms with Gasteiger partial charge in [0.05, 0.1) is 23.3 Å². The van der Waals surface area contributed by atoms with Crippen LogP contribution in [0.4, 0.5) is 11.5 Å². The molecule has 8 heteroatoms. The van der Waals surface area contributed by atoms with Crippen LogP contribution in [0.3, 0.4) is 0 Å². The third kappa shape index (κ3) is 3.85. The van der Waals surface area contributed by atoms with Gasteiger partial charge in [0.15, 0.2) is 0 Å². The van der Waals surface area contributed by atoms with Gasteiger partial charge in [0.2, 0.25) is 0 Å². The Hall–Kier alpha value is -2.87. The smallest absolute Gasteiger partial charge is 0.265 e. The van der Waals surface area contributed by atoms with E-state index in [4.69, 9.17) is 0 Å². The Labute approximate surface area is 153 Å². The number of pyridine rings is 1. The van der Waals surface area contributed by atoms with E-state index in [0.29, 0.717) is 23.6 Å². The molecule has 0 fully saturated rings. The fraction of sp³-hybridized carbons (Fsp3) is 0.222. The van der Waals surface area contributed by atoms with E-state index in [0.717, 1.165) is 5.82 Å². The van der Waals surface area contributed by atoms with Crippen LogP contribution < -0.4 is 9.62 Å². The number of rotatable bonds is 6. The van der Waals surface area contributed by atoms with Crippen molar-refractivity contribution < 1.29 is 8.42 Å². The molecular formula is C18H21N5O2S. The van der Waals surface area contributed by atoms with Gasteiger partial charge < -0.3 is 4.90 Å². The lowest BCUT2D eigenvalue weighted by atomic mass is 10.2. The minimum Gasteiger partial charge on any atom is -0.355 e. The SMILES string of the molecule is Cc1n[nH]c(C)c1S(=O)(=O)Nc1ccc(N(C)Cc2ccccc2)nc1.